The number of fused-ring (bicyclic) bond motifs is 1. The number of benzene rings is 3. The summed E-state index contributed by atoms with van der Waals surface area (Å²) in [6.45, 7) is 6.57. The number of nitrogens with one attached hydrogen (secondary N) is 1. The van der Waals surface area contributed by atoms with Gasteiger partial charge < -0.3 is 20.3 Å². The van der Waals surface area contributed by atoms with E-state index in [9.17, 15) is 15.0 Å². The van der Waals surface area contributed by atoms with Crippen molar-refractivity contribution in [2.75, 3.05) is 0 Å². The average molecular weight is 553 g/mol. The van der Waals surface area contributed by atoms with Gasteiger partial charge in [0.25, 0.3) is 5.91 Å². The molecule has 0 aliphatic heterocycles. The Labute approximate surface area is 242 Å². The summed E-state index contributed by atoms with van der Waals surface area (Å²) in [4.78, 5) is 18.2. The number of rotatable bonds is 9. The van der Waals surface area contributed by atoms with E-state index in [0.717, 1.165) is 52.8 Å². The van der Waals surface area contributed by atoms with Crippen molar-refractivity contribution in [2.45, 2.75) is 77.0 Å². The number of aliphatic hydroxyl groups is 2. The van der Waals surface area contributed by atoms with Crippen molar-refractivity contribution in [2.24, 2.45) is 5.92 Å². The average Bonchev–Trinajstić information content (AvgIpc) is 3.46. The number of carbonyl (C=O) groups is 1. The van der Waals surface area contributed by atoms with E-state index in [1.54, 1.807) is 6.07 Å². The Hall–Kier alpha value is -3.74. The van der Waals surface area contributed by atoms with Gasteiger partial charge in [0.1, 0.15) is 17.2 Å². The van der Waals surface area contributed by atoms with Crippen LogP contribution in [0.25, 0.3) is 10.8 Å². The highest BCUT2D eigenvalue weighted by molar-refractivity contribution is 5.97. The Bertz CT molecular complexity index is 1470. The van der Waals surface area contributed by atoms with Crippen molar-refractivity contribution >= 4 is 16.7 Å². The molecule has 0 bridgehead atoms. The molecular weight excluding hydrogens is 512 g/mol. The maximum absolute atomic E-state index is 13.4. The summed E-state index contributed by atoms with van der Waals surface area (Å²) in [6, 6.07) is 24.5. The number of amides is 1. The highest BCUT2D eigenvalue weighted by Crippen LogP contribution is 2.33. The van der Waals surface area contributed by atoms with Crippen LogP contribution < -0.4 is 10.1 Å². The summed E-state index contributed by atoms with van der Waals surface area (Å²) in [5.41, 5.74) is 3.37. The van der Waals surface area contributed by atoms with Gasteiger partial charge in [0.15, 0.2) is 6.29 Å². The Morgan fingerprint density at radius 3 is 2.29 bits per heavy atom. The number of pyridine rings is 1. The van der Waals surface area contributed by atoms with Crippen molar-refractivity contribution in [1.29, 1.82) is 0 Å². The van der Waals surface area contributed by atoms with Crippen LogP contribution in [0, 0.1) is 5.92 Å². The smallest absolute Gasteiger partial charge is 0.270 e. The fourth-order valence-corrected chi connectivity index (χ4v) is 5.62. The molecule has 6 heteroatoms. The third-order valence-electron chi connectivity index (χ3n) is 8.00. The van der Waals surface area contributed by atoms with Gasteiger partial charge in [-0.1, -0.05) is 95.0 Å². The van der Waals surface area contributed by atoms with Gasteiger partial charge in [-0.05, 0) is 71.0 Å². The number of hydrogen-bond acceptors (Lipinski definition) is 5. The van der Waals surface area contributed by atoms with E-state index < -0.39 is 18.2 Å². The molecule has 1 amide bonds. The minimum absolute atomic E-state index is 0.0725. The SMILES string of the molecule is CC(C)(C)c1ccc(Oc2ccc3cc(C(=O)N[C@H](Cc4ccccc4)C(O)O)nc(CC4CCCC4)c3c2)cc1. The molecule has 0 radical (unpaired) electrons. The quantitative estimate of drug-likeness (QED) is 0.201. The lowest BCUT2D eigenvalue weighted by Crippen LogP contribution is -2.45. The molecule has 0 unspecified atom stereocenters. The molecule has 214 valence electrons. The van der Waals surface area contributed by atoms with Crippen molar-refractivity contribution < 1.29 is 19.7 Å². The second kappa shape index (κ2) is 12.4. The largest absolute Gasteiger partial charge is 0.457 e. The number of hydrogen-bond donors (Lipinski definition) is 3. The molecule has 3 aromatic carbocycles. The lowest BCUT2D eigenvalue weighted by Gasteiger charge is -2.21. The van der Waals surface area contributed by atoms with Gasteiger partial charge in [-0.2, -0.15) is 0 Å². The normalized spacial score (nSPS) is 14.9. The molecule has 1 saturated carbocycles. The van der Waals surface area contributed by atoms with Crippen LogP contribution in [0.4, 0.5) is 0 Å². The second-order valence-corrected chi connectivity index (χ2v) is 12.3. The zero-order valence-corrected chi connectivity index (χ0v) is 24.1. The molecule has 4 aromatic rings. The predicted octanol–water partition coefficient (Wildman–Crippen LogP) is 6.71. The van der Waals surface area contributed by atoms with E-state index in [4.69, 9.17) is 9.72 Å². The van der Waals surface area contributed by atoms with Crippen LogP contribution >= 0.6 is 0 Å². The van der Waals surface area contributed by atoms with Crippen LogP contribution in [0.15, 0.2) is 78.9 Å². The Balaban J connectivity index is 1.42. The number of ether oxygens (including phenoxy) is 1. The van der Waals surface area contributed by atoms with E-state index in [2.05, 4.69) is 38.2 Å². The first-order chi connectivity index (χ1) is 19.7. The fraction of sp³-hybridized carbons (Fsp3) is 0.371. The zero-order valence-electron chi connectivity index (χ0n) is 24.1. The first-order valence-electron chi connectivity index (χ1n) is 14.6. The summed E-state index contributed by atoms with van der Waals surface area (Å²) in [6.07, 6.45) is 4.14. The van der Waals surface area contributed by atoms with E-state index in [0.29, 0.717) is 12.3 Å². The van der Waals surface area contributed by atoms with Crippen LogP contribution in [0.3, 0.4) is 0 Å². The molecule has 1 fully saturated rings. The standard InChI is InChI=1S/C35H40N2O4/c1-35(2,3)26-14-17-27(18-15-26)41-28-16-13-25-21-31(36-30(29(25)22-28)19-23-11-7-8-12-23)33(38)37-32(34(39)40)20-24-9-5-4-6-10-24/h4-6,9-10,13-18,21-23,32,34,39-40H,7-8,11-12,19-20H2,1-3H3,(H,37,38)/t32-/m1/s1. The molecule has 41 heavy (non-hydrogen) atoms. The maximum Gasteiger partial charge on any atom is 0.270 e. The molecule has 1 aliphatic rings. The summed E-state index contributed by atoms with van der Waals surface area (Å²) in [5, 5.41) is 24.7. The zero-order chi connectivity index (χ0) is 29.0. The monoisotopic (exact) mass is 552 g/mol. The van der Waals surface area contributed by atoms with E-state index in [1.165, 1.54) is 18.4 Å². The van der Waals surface area contributed by atoms with Gasteiger partial charge in [-0.15, -0.1) is 0 Å². The van der Waals surface area contributed by atoms with Crippen LogP contribution in [0.5, 0.6) is 11.5 Å². The lowest BCUT2D eigenvalue weighted by molar-refractivity contribution is -0.0647. The van der Waals surface area contributed by atoms with Crippen LogP contribution in [0.2, 0.25) is 0 Å². The maximum atomic E-state index is 13.4. The first kappa shape index (κ1) is 28.8. The molecule has 6 nitrogen and oxygen atoms in total. The van der Waals surface area contributed by atoms with Gasteiger partial charge >= 0.3 is 0 Å². The number of aliphatic hydroxyl groups excluding tert-OH is 1. The molecule has 0 spiro atoms. The molecule has 5 rings (SSSR count). The topological polar surface area (TPSA) is 91.7 Å². The predicted molar refractivity (Wildman–Crippen MR) is 162 cm³/mol. The number of carbonyl (C=O) groups excluding carboxylic acids is 1. The van der Waals surface area contributed by atoms with E-state index in [-0.39, 0.29) is 11.1 Å². The molecular formula is C35H40N2O4. The summed E-state index contributed by atoms with van der Waals surface area (Å²) < 4.78 is 6.23. The second-order valence-electron chi connectivity index (χ2n) is 12.3. The van der Waals surface area contributed by atoms with Crippen molar-refractivity contribution in [1.82, 2.24) is 10.3 Å². The molecule has 1 aromatic heterocycles. The Morgan fingerprint density at radius 1 is 0.951 bits per heavy atom. The van der Waals surface area contributed by atoms with Crippen LogP contribution in [0.1, 0.15) is 73.8 Å². The van der Waals surface area contributed by atoms with Crippen molar-refractivity contribution in [3.63, 3.8) is 0 Å². The summed E-state index contributed by atoms with van der Waals surface area (Å²) >= 11 is 0. The minimum atomic E-state index is -1.70. The Kier molecular flexibility index (Phi) is 8.71. The molecule has 1 aliphatic carbocycles. The van der Waals surface area contributed by atoms with Gasteiger partial charge in [-0.25, -0.2) is 4.98 Å². The Morgan fingerprint density at radius 2 is 1.63 bits per heavy atom. The minimum Gasteiger partial charge on any atom is -0.457 e. The van der Waals surface area contributed by atoms with Gasteiger partial charge in [0, 0.05) is 11.1 Å². The van der Waals surface area contributed by atoms with Crippen LogP contribution in [-0.2, 0) is 18.3 Å². The number of aromatic nitrogens is 1. The third kappa shape index (κ3) is 7.32. The van der Waals surface area contributed by atoms with Gasteiger partial charge in [-0.3, -0.25) is 4.79 Å². The third-order valence-corrected chi connectivity index (χ3v) is 8.00. The summed E-state index contributed by atoms with van der Waals surface area (Å²) in [7, 11) is 0. The van der Waals surface area contributed by atoms with E-state index in [1.807, 2.05) is 60.7 Å². The molecule has 3 N–H and O–H groups in total. The summed E-state index contributed by atoms with van der Waals surface area (Å²) in [5.74, 6) is 1.60. The fourth-order valence-electron chi connectivity index (χ4n) is 5.62. The molecule has 1 atom stereocenters. The number of nitrogens with zero attached hydrogens (tertiary/aromatic N) is 1. The molecule has 1 heterocycles. The van der Waals surface area contributed by atoms with Gasteiger partial charge in [0.05, 0.1) is 6.04 Å². The van der Waals surface area contributed by atoms with Crippen molar-refractivity contribution in [3.8, 4) is 11.5 Å². The first-order valence-corrected chi connectivity index (χ1v) is 14.6. The highest BCUT2D eigenvalue weighted by atomic mass is 16.5. The van der Waals surface area contributed by atoms with Crippen molar-refractivity contribution in [3.05, 3.63) is 101 Å². The lowest BCUT2D eigenvalue weighted by atomic mass is 9.87. The molecule has 0 saturated heterocycles. The van der Waals surface area contributed by atoms with E-state index >= 15 is 0 Å². The highest BCUT2D eigenvalue weighted by Gasteiger charge is 2.24. The van der Waals surface area contributed by atoms with Gasteiger partial charge in [0.2, 0.25) is 0 Å². The van der Waals surface area contributed by atoms with Crippen LogP contribution in [-0.4, -0.2) is 33.4 Å².